The second-order valence-electron chi connectivity index (χ2n) is 3.61. The minimum Gasteiger partial charge on any atom is -0.496 e. The van der Waals surface area contributed by atoms with E-state index in [1.54, 1.807) is 18.2 Å². The molecule has 6 heteroatoms. The first kappa shape index (κ1) is 12.4. The third-order valence-corrected chi connectivity index (χ3v) is 2.73. The molecule has 0 atom stereocenters. The van der Waals surface area contributed by atoms with Crippen molar-refractivity contribution in [3.63, 3.8) is 0 Å². The topological polar surface area (TPSA) is 72.6 Å². The number of halogens is 1. The highest BCUT2D eigenvalue weighted by atomic mass is 35.5. The van der Waals surface area contributed by atoms with Gasteiger partial charge in [0.05, 0.1) is 7.11 Å². The van der Waals surface area contributed by atoms with Crippen molar-refractivity contribution in [2.45, 2.75) is 6.92 Å². The van der Waals surface area contributed by atoms with Crippen molar-refractivity contribution in [1.82, 2.24) is 5.16 Å². The van der Waals surface area contributed by atoms with E-state index in [-0.39, 0.29) is 17.0 Å². The van der Waals surface area contributed by atoms with Crippen LogP contribution in [-0.4, -0.2) is 23.3 Å². The molecule has 0 amide bonds. The van der Waals surface area contributed by atoms with Crippen LogP contribution in [0.15, 0.2) is 22.7 Å². The molecule has 0 aliphatic heterocycles. The number of carboxylic acid groups (broad SMARTS) is 1. The van der Waals surface area contributed by atoms with E-state index in [0.29, 0.717) is 16.3 Å². The number of benzene rings is 1. The summed E-state index contributed by atoms with van der Waals surface area (Å²) in [6.07, 6.45) is 0. The summed E-state index contributed by atoms with van der Waals surface area (Å²) in [5.41, 5.74) is 0.703. The van der Waals surface area contributed by atoms with E-state index in [2.05, 4.69) is 5.16 Å². The molecule has 0 radical (unpaired) electrons. The van der Waals surface area contributed by atoms with Gasteiger partial charge in [-0.3, -0.25) is 0 Å². The molecule has 2 aromatic rings. The van der Waals surface area contributed by atoms with Crippen molar-refractivity contribution in [2.24, 2.45) is 0 Å². The Morgan fingerprint density at radius 2 is 2.22 bits per heavy atom. The Kier molecular flexibility index (Phi) is 3.25. The first-order valence-electron chi connectivity index (χ1n) is 5.08. The zero-order valence-electron chi connectivity index (χ0n) is 9.73. The average Bonchev–Trinajstić information content (AvgIpc) is 2.71. The van der Waals surface area contributed by atoms with E-state index in [1.807, 2.05) is 0 Å². The Morgan fingerprint density at radius 3 is 2.83 bits per heavy atom. The Balaban J connectivity index is 2.69. The fourth-order valence-corrected chi connectivity index (χ4v) is 1.85. The summed E-state index contributed by atoms with van der Waals surface area (Å²) in [6.45, 7) is 1.54. The fraction of sp³-hybridized carbons (Fsp3) is 0.167. The van der Waals surface area contributed by atoms with Gasteiger partial charge in [0.25, 0.3) is 0 Å². The predicted molar refractivity (Wildman–Crippen MR) is 65.2 cm³/mol. The molecule has 18 heavy (non-hydrogen) atoms. The number of nitrogens with zero attached hydrogens (tertiary/aromatic N) is 1. The number of hydrogen-bond acceptors (Lipinski definition) is 4. The van der Waals surface area contributed by atoms with Crippen LogP contribution in [0.1, 0.15) is 16.1 Å². The molecular formula is C12H10ClNO4. The van der Waals surface area contributed by atoms with Crippen LogP contribution in [0.5, 0.6) is 5.75 Å². The molecule has 1 aromatic carbocycles. The van der Waals surface area contributed by atoms with Crippen LogP contribution >= 0.6 is 11.6 Å². The molecule has 5 nitrogen and oxygen atoms in total. The first-order valence-corrected chi connectivity index (χ1v) is 5.46. The molecule has 2 rings (SSSR count). The van der Waals surface area contributed by atoms with Crippen LogP contribution < -0.4 is 4.74 Å². The van der Waals surface area contributed by atoms with Crippen LogP contribution in [0.25, 0.3) is 11.3 Å². The number of hydrogen-bond donors (Lipinski definition) is 1. The van der Waals surface area contributed by atoms with Gasteiger partial charge in [0.15, 0.2) is 0 Å². The number of rotatable bonds is 3. The molecule has 94 valence electrons. The van der Waals surface area contributed by atoms with Gasteiger partial charge in [0.1, 0.15) is 22.8 Å². The highest BCUT2D eigenvalue weighted by Crippen LogP contribution is 2.34. The van der Waals surface area contributed by atoms with Gasteiger partial charge in [-0.2, -0.15) is 0 Å². The van der Waals surface area contributed by atoms with E-state index in [0.717, 1.165) is 0 Å². The van der Waals surface area contributed by atoms with Gasteiger partial charge in [-0.1, -0.05) is 16.8 Å². The van der Waals surface area contributed by atoms with E-state index in [1.165, 1.54) is 14.0 Å². The third kappa shape index (κ3) is 2.04. The van der Waals surface area contributed by atoms with Gasteiger partial charge in [-0.25, -0.2) is 4.79 Å². The largest absolute Gasteiger partial charge is 0.496 e. The zero-order valence-corrected chi connectivity index (χ0v) is 10.5. The van der Waals surface area contributed by atoms with Gasteiger partial charge < -0.3 is 14.4 Å². The average molecular weight is 268 g/mol. The lowest BCUT2D eigenvalue weighted by molar-refractivity contribution is 0.0696. The summed E-state index contributed by atoms with van der Waals surface area (Å²) in [6, 6.07) is 4.88. The molecule has 0 saturated heterocycles. The normalized spacial score (nSPS) is 10.4. The lowest BCUT2D eigenvalue weighted by Crippen LogP contribution is -2.00. The number of aromatic carboxylic acids is 1. The number of aromatic nitrogens is 1. The summed E-state index contributed by atoms with van der Waals surface area (Å²) in [5.74, 6) is -0.388. The summed E-state index contributed by atoms with van der Waals surface area (Å²) >= 11 is 5.90. The van der Waals surface area contributed by atoms with Gasteiger partial charge >= 0.3 is 5.97 Å². The second-order valence-corrected chi connectivity index (χ2v) is 4.05. The zero-order chi connectivity index (χ0) is 13.3. The van der Waals surface area contributed by atoms with Crippen LogP contribution in [-0.2, 0) is 0 Å². The monoisotopic (exact) mass is 267 g/mol. The Morgan fingerprint density at radius 1 is 1.50 bits per heavy atom. The maximum absolute atomic E-state index is 11.2. The molecule has 1 aromatic heterocycles. The third-order valence-electron chi connectivity index (χ3n) is 2.49. The molecule has 1 N–H and O–H groups in total. The van der Waals surface area contributed by atoms with Crippen molar-refractivity contribution < 1.29 is 19.2 Å². The van der Waals surface area contributed by atoms with Crippen LogP contribution in [0.3, 0.4) is 0 Å². The van der Waals surface area contributed by atoms with Crippen LogP contribution in [0.4, 0.5) is 0 Å². The number of ether oxygens (including phenoxy) is 1. The highest BCUT2D eigenvalue weighted by molar-refractivity contribution is 6.31. The van der Waals surface area contributed by atoms with Crippen molar-refractivity contribution in [2.75, 3.05) is 7.11 Å². The SMILES string of the molecule is COc1ccc(Cl)cc1-c1noc(C)c1C(=O)O. The van der Waals surface area contributed by atoms with Crippen molar-refractivity contribution in [3.8, 4) is 17.0 Å². The minimum atomic E-state index is -1.11. The molecule has 0 bridgehead atoms. The van der Waals surface area contributed by atoms with E-state index >= 15 is 0 Å². The van der Waals surface area contributed by atoms with Crippen molar-refractivity contribution in [3.05, 3.63) is 34.5 Å². The summed E-state index contributed by atoms with van der Waals surface area (Å²) in [5, 5.41) is 13.4. The Hall–Kier alpha value is -2.01. The second kappa shape index (κ2) is 4.70. The number of carbonyl (C=O) groups is 1. The molecule has 0 saturated carbocycles. The lowest BCUT2D eigenvalue weighted by atomic mass is 10.1. The number of aryl methyl sites for hydroxylation is 1. The molecule has 0 unspecified atom stereocenters. The minimum absolute atomic E-state index is 0.00978. The first-order chi connectivity index (χ1) is 8.54. The number of carboxylic acids is 1. The van der Waals surface area contributed by atoms with Crippen molar-refractivity contribution in [1.29, 1.82) is 0 Å². The number of methoxy groups -OCH3 is 1. The molecule has 0 aliphatic carbocycles. The van der Waals surface area contributed by atoms with E-state index in [9.17, 15) is 4.79 Å². The predicted octanol–water partition coefficient (Wildman–Crippen LogP) is 3.01. The van der Waals surface area contributed by atoms with Crippen LogP contribution in [0.2, 0.25) is 5.02 Å². The summed E-state index contributed by atoms with van der Waals surface area (Å²) in [4.78, 5) is 11.2. The Labute approximate surface area is 108 Å². The van der Waals surface area contributed by atoms with E-state index in [4.69, 9.17) is 26.0 Å². The fourth-order valence-electron chi connectivity index (χ4n) is 1.67. The molecule has 0 fully saturated rings. The molecule has 0 spiro atoms. The molecule has 0 aliphatic rings. The van der Waals surface area contributed by atoms with Crippen LogP contribution in [0, 0.1) is 6.92 Å². The lowest BCUT2D eigenvalue weighted by Gasteiger charge is -2.06. The highest BCUT2D eigenvalue weighted by Gasteiger charge is 2.23. The molecular weight excluding hydrogens is 258 g/mol. The Bertz CT molecular complexity index is 606. The molecule has 1 heterocycles. The van der Waals surface area contributed by atoms with Gasteiger partial charge in [0, 0.05) is 10.6 Å². The smallest absolute Gasteiger partial charge is 0.341 e. The maximum Gasteiger partial charge on any atom is 0.341 e. The van der Waals surface area contributed by atoms with Crippen molar-refractivity contribution >= 4 is 17.6 Å². The summed E-state index contributed by atoms with van der Waals surface area (Å²) in [7, 11) is 1.49. The van der Waals surface area contributed by atoms with Gasteiger partial charge in [-0.05, 0) is 25.1 Å². The maximum atomic E-state index is 11.2. The van der Waals surface area contributed by atoms with Gasteiger partial charge in [0.2, 0.25) is 0 Å². The van der Waals surface area contributed by atoms with E-state index < -0.39 is 5.97 Å². The van der Waals surface area contributed by atoms with Gasteiger partial charge in [-0.15, -0.1) is 0 Å². The standard InChI is InChI=1S/C12H10ClNO4/c1-6-10(12(15)16)11(14-18-6)8-5-7(13)3-4-9(8)17-2/h3-5H,1-2H3,(H,15,16). The summed E-state index contributed by atoms with van der Waals surface area (Å²) < 4.78 is 10.1. The quantitative estimate of drug-likeness (QED) is 0.925.